The molecule has 0 aromatic heterocycles. The van der Waals surface area contributed by atoms with Crippen LogP contribution >= 0.6 is 0 Å². The van der Waals surface area contributed by atoms with Gasteiger partial charge in [0.1, 0.15) is 12.2 Å². The van der Waals surface area contributed by atoms with Gasteiger partial charge in [-0.05, 0) is 29.8 Å². The molecule has 1 amide bonds. The molecule has 154 valence electrons. The molecule has 2 aliphatic heterocycles. The molecule has 4 atom stereocenters. The molecule has 0 radical (unpaired) electrons. The van der Waals surface area contributed by atoms with Crippen molar-refractivity contribution in [3.8, 4) is 0 Å². The van der Waals surface area contributed by atoms with E-state index >= 15 is 0 Å². The maximum absolute atomic E-state index is 12.2. The van der Waals surface area contributed by atoms with Crippen molar-refractivity contribution in [2.75, 3.05) is 37.5 Å². The normalized spacial score (nSPS) is 25.4. The third kappa shape index (κ3) is 4.70. The molecule has 0 aliphatic carbocycles. The molecule has 0 bridgehead atoms. The van der Waals surface area contributed by atoms with Crippen LogP contribution in [0.2, 0.25) is 0 Å². The fourth-order valence-corrected chi connectivity index (χ4v) is 3.71. The van der Waals surface area contributed by atoms with Gasteiger partial charge < -0.3 is 24.4 Å². The van der Waals surface area contributed by atoms with Crippen molar-refractivity contribution in [3.05, 3.63) is 60.2 Å². The Morgan fingerprint density at radius 2 is 1.76 bits per heavy atom. The van der Waals surface area contributed by atoms with Gasteiger partial charge in [0.25, 0.3) is 0 Å². The van der Waals surface area contributed by atoms with Crippen LogP contribution in [-0.4, -0.2) is 57.8 Å². The molecule has 4 unspecified atom stereocenters. The number of fused-ring (bicyclic) bond motifs is 1. The van der Waals surface area contributed by atoms with Crippen molar-refractivity contribution in [1.82, 2.24) is 5.32 Å². The minimum absolute atomic E-state index is 0.0688. The molecule has 2 fully saturated rings. The number of carbonyl (C=O) groups excluding carboxylic acids is 1. The van der Waals surface area contributed by atoms with Gasteiger partial charge in [-0.1, -0.05) is 30.3 Å². The van der Waals surface area contributed by atoms with E-state index in [0.717, 1.165) is 6.54 Å². The summed E-state index contributed by atoms with van der Waals surface area (Å²) in [6.45, 7) is 1.60. The molecule has 4 rings (SSSR count). The summed E-state index contributed by atoms with van der Waals surface area (Å²) < 4.78 is 17.3. The number of hydrogen-bond donors (Lipinski definition) is 2. The molecule has 2 N–H and O–H groups in total. The van der Waals surface area contributed by atoms with E-state index in [-0.39, 0.29) is 18.2 Å². The highest BCUT2D eigenvalue weighted by Crippen LogP contribution is 2.29. The number of ether oxygens (including phenoxy) is 3. The lowest BCUT2D eigenvalue weighted by molar-refractivity contribution is 0.00854. The molecular weight excluding hydrogens is 370 g/mol. The summed E-state index contributed by atoms with van der Waals surface area (Å²) in [5.74, 6) is 0. The first-order chi connectivity index (χ1) is 14.1. The minimum atomic E-state index is -0.494. The maximum atomic E-state index is 12.2. The van der Waals surface area contributed by atoms with Crippen LogP contribution in [0.1, 0.15) is 5.56 Å². The lowest BCUT2D eigenvalue weighted by Gasteiger charge is -2.18. The van der Waals surface area contributed by atoms with Gasteiger partial charge >= 0.3 is 6.09 Å². The molecule has 2 saturated heterocycles. The first-order valence-corrected chi connectivity index (χ1v) is 9.86. The van der Waals surface area contributed by atoms with Gasteiger partial charge in [0.05, 0.1) is 19.3 Å². The summed E-state index contributed by atoms with van der Waals surface area (Å²) >= 11 is 0. The summed E-state index contributed by atoms with van der Waals surface area (Å²) in [6.07, 6.45) is -1.27. The number of nitrogens with one attached hydrogen (secondary N) is 2. The Morgan fingerprint density at radius 1 is 1.03 bits per heavy atom. The lowest BCUT2D eigenvalue weighted by Crippen LogP contribution is -2.41. The van der Waals surface area contributed by atoms with Gasteiger partial charge in [-0.2, -0.15) is 0 Å². The fourth-order valence-electron chi connectivity index (χ4n) is 3.71. The zero-order valence-corrected chi connectivity index (χ0v) is 16.7. The van der Waals surface area contributed by atoms with Gasteiger partial charge in [0, 0.05) is 32.0 Å². The Kier molecular flexibility index (Phi) is 5.99. The predicted molar refractivity (Wildman–Crippen MR) is 111 cm³/mol. The summed E-state index contributed by atoms with van der Waals surface area (Å²) in [6, 6.07) is 17.7. The Hall–Kier alpha value is -2.61. The van der Waals surface area contributed by atoms with Crippen LogP contribution in [0.4, 0.5) is 16.2 Å². The van der Waals surface area contributed by atoms with Gasteiger partial charge in [-0.25, -0.2) is 4.79 Å². The number of benzene rings is 2. The van der Waals surface area contributed by atoms with E-state index < -0.39 is 12.2 Å². The Bertz CT molecular complexity index is 813. The van der Waals surface area contributed by atoms with Crippen LogP contribution in [0.5, 0.6) is 0 Å². The van der Waals surface area contributed by atoms with E-state index in [1.807, 2.05) is 44.4 Å². The first kappa shape index (κ1) is 19.7. The summed E-state index contributed by atoms with van der Waals surface area (Å²) in [5.41, 5.74) is 3.07. The van der Waals surface area contributed by atoms with Gasteiger partial charge in [-0.15, -0.1) is 0 Å². The number of rotatable bonds is 6. The van der Waals surface area contributed by atoms with Crippen LogP contribution in [0.15, 0.2) is 54.6 Å². The molecule has 0 spiro atoms. The monoisotopic (exact) mass is 397 g/mol. The van der Waals surface area contributed by atoms with Gasteiger partial charge in [0.15, 0.2) is 6.10 Å². The molecule has 2 aromatic rings. The van der Waals surface area contributed by atoms with Crippen LogP contribution in [0.3, 0.4) is 0 Å². The highest BCUT2D eigenvalue weighted by molar-refractivity contribution is 5.84. The molecule has 2 aromatic carbocycles. The first-order valence-electron chi connectivity index (χ1n) is 9.86. The largest absolute Gasteiger partial charge is 0.441 e. The third-order valence-electron chi connectivity index (χ3n) is 5.31. The summed E-state index contributed by atoms with van der Waals surface area (Å²) in [7, 11) is 4.05. The van der Waals surface area contributed by atoms with Crippen molar-refractivity contribution in [3.63, 3.8) is 0 Å². The van der Waals surface area contributed by atoms with Crippen molar-refractivity contribution in [2.45, 2.75) is 30.9 Å². The second-order valence-corrected chi connectivity index (χ2v) is 7.58. The Labute approximate surface area is 170 Å². The van der Waals surface area contributed by atoms with Crippen molar-refractivity contribution in [2.24, 2.45) is 0 Å². The summed E-state index contributed by atoms with van der Waals surface area (Å²) in [5, 5.41) is 6.24. The van der Waals surface area contributed by atoms with E-state index in [4.69, 9.17) is 14.2 Å². The predicted octanol–water partition coefficient (Wildman–Crippen LogP) is 2.63. The molecule has 0 saturated carbocycles. The van der Waals surface area contributed by atoms with Gasteiger partial charge in [0.2, 0.25) is 0 Å². The number of nitrogens with zero attached hydrogens (tertiary/aromatic N) is 1. The lowest BCUT2D eigenvalue weighted by atomic mass is 10.1. The highest BCUT2D eigenvalue weighted by atomic mass is 16.6. The third-order valence-corrected chi connectivity index (χ3v) is 5.31. The average molecular weight is 397 g/mol. The molecule has 2 heterocycles. The highest BCUT2D eigenvalue weighted by Gasteiger charge is 2.49. The van der Waals surface area contributed by atoms with Crippen molar-refractivity contribution >= 4 is 17.5 Å². The molecular formula is C22H27N3O4. The molecule has 7 nitrogen and oxygen atoms in total. The number of amides is 1. The number of anilines is 2. The Balaban J connectivity index is 1.27. The minimum Gasteiger partial charge on any atom is -0.441 e. The quantitative estimate of drug-likeness (QED) is 0.781. The number of para-hydroxylation sites is 1. The maximum Gasteiger partial charge on any atom is 0.412 e. The van der Waals surface area contributed by atoms with E-state index in [0.29, 0.717) is 18.9 Å². The van der Waals surface area contributed by atoms with E-state index in [1.54, 1.807) is 0 Å². The van der Waals surface area contributed by atoms with E-state index in [9.17, 15) is 4.79 Å². The smallest absolute Gasteiger partial charge is 0.412 e. The van der Waals surface area contributed by atoms with E-state index in [1.165, 1.54) is 11.3 Å². The SMILES string of the molecule is CN(C)c1ccc(CNC2COC3C(OC(=O)Nc4ccccc4)COC23)cc1. The zero-order valence-electron chi connectivity index (χ0n) is 16.7. The second-order valence-electron chi connectivity index (χ2n) is 7.58. The van der Waals surface area contributed by atoms with Crippen LogP contribution < -0.4 is 15.5 Å². The van der Waals surface area contributed by atoms with Crippen LogP contribution in [0.25, 0.3) is 0 Å². The Morgan fingerprint density at radius 3 is 2.48 bits per heavy atom. The molecule has 29 heavy (non-hydrogen) atoms. The fraction of sp³-hybridized carbons (Fsp3) is 0.409. The zero-order chi connectivity index (χ0) is 20.2. The molecule has 7 heteroatoms. The van der Waals surface area contributed by atoms with E-state index in [2.05, 4.69) is 39.8 Å². The summed E-state index contributed by atoms with van der Waals surface area (Å²) in [4.78, 5) is 14.2. The van der Waals surface area contributed by atoms with Gasteiger partial charge in [-0.3, -0.25) is 5.32 Å². The number of carbonyl (C=O) groups is 1. The number of hydrogen-bond acceptors (Lipinski definition) is 6. The average Bonchev–Trinajstić information content (AvgIpc) is 3.30. The van der Waals surface area contributed by atoms with Crippen molar-refractivity contribution in [1.29, 1.82) is 0 Å². The topological polar surface area (TPSA) is 72.1 Å². The van der Waals surface area contributed by atoms with Crippen LogP contribution in [0, 0.1) is 0 Å². The van der Waals surface area contributed by atoms with Crippen LogP contribution in [-0.2, 0) is 20.8 Å². The molecule has 2 aliphatic rings. The van der Waals surface area contributed by atoms with Crippen molar-refractivity contribution < 1.29 is 19.0 Å². The standard InChI is InChI=1S/C22H27N3O4/c1-25(2)17-10-8-15(9-11-17)12-23-18-13-27-21-19(14-28-20(18)21)29-22(26)24-16-6-4-3-5-7-16/h3-11,18-21,23H,12-14H2,1-2H3,(H,24,26). The second kappa shape index (κ2) is 8.82.